The van der Waals surface area contributed by atoms with E-state index >= 15 is 0 Å². The zero-order chi connectivity index (χ0) is 14.0. The van der Waals surface area contributed by atoms with Crippen LogP contribution in [-0.4, -0.2) is 51.2 Å². The lowest BCUT2D eigenvalue weighted by Crippen LogP contribution is -2.43. The summed E-state index contributed by atoms with van der Waals surface area (Å²) in [7, 11) is 0. The second-order valence-electron chi connectivity index (χ2n) is 4.69. The number of anilines is 1. The standard InChI is InChI=1S/C11H16N4O4/c1-6-3-4-15(9(6)10(17)18)5-8(16)12-11-14-13-7(2)19-11/h6,9H,3-5H2,1-2H3,(H,17,18)(H,12,14,16). The Balaban J connectivity index is 1.93. The highest BCUT2D eigenvalue weighted by molar-refractivity contribution is 5.90. The van der Waals surface area contributed by atoms with Crippen molar-refractivity contribution in [3.05, 3.63) is 5.89 Å². The molecule has 8 heteroatoms. The molecule has 1 aromatic heterocycles. The molecule has 2 rings (SSSR count). The van der Waals surface area contributed by atoms with E-state index in [1.165, 1.54) is 0 Å². The Morgan fingerprint density at radius 2 is 2.26 bits per heavy atom. The molecule has 0 bridgehead atoms. The minimum atomic E-state index is -0.897. The van der Waals surface area contributed by atoms with E-state index in [1.54, 1.807) is 11.8 Å². The fourth-order valence-electron chi connectivity index (χ4n) is 2.29. The Morgan fingerprint density at radius 1 is 1.53 bits per heavy atom. The van der Waals surface area contributed by atoms with Crippen molar-refractivity contribution < 1.29 is 19.1 Å². The molecule has 0 radical (unpaired) electrons. The van der Waals surface area contributed by atoms with E-state index in [9.17, 15) is 9.59 Å². The van der Waals surface area contributed by atoms with E-state index < -0.39 is 12.0 Å². The van der Waals surface area contributed by atoms with Gasteiger partial charge in [-0.15, -0.1) is 5.10 Å². The van der Waals surface area contributed by atoms with Gasteiger partial charge in [0.05, 0.1) is 6.54 Å². The lowest BCUT2D eigenvalue weighted by Gasteiger charge is -2.21. The number of hydrogen-bond donors (Lipinski definition) is 2. The first kappa shape index (κ1) is 13.5. The third-order valence-electron chi connectivity index (χ3n) is 3.18. The molecule has 1 fully saturated rings. The summed E-state index contributed by atoms with van der Waals surface area (Å²) in [5, 5.41) is 18.8. The summed E-state index contributed by atoms with van der Waals surface area (Å²) in [5.74, 6) is -0.861. The smallest absolute Gasteiger partial charge is 0.322 e. The molecule has 19 heavy (non-hydrogen) atoms. The van der Waals surface area contributed by atoms with Gasteiger partial charge in [0.1, 0.15) is 6.04 Å². The number of hydrogen-bond acceptors (Lipinski definition) is 6. The quantitative estimate of drug-likeness (QED) is 0.797. The van der Waals surface area contributed by atoms with Crippen molar-refractivity contribution in [3.63, 3.8) is 0 Å². The number of carbonyl (C=O) groups is 2. The minimum absolute atomic E-state index is 0.00271. The molecule has 1 saturated heterocycles. The van der Waals surface area contributed by atoms with Crippen molar-refractivity contribution in [2.45, 2.75) is 26.3 Å². The van der Waals surface area contributed by atoms with Crippen LogP contribution in [0.25, 0.3) is 0 Å². The second-order valence-corrected chi connectivity index (χ2v) is 4.69. The number of aliphatic carboxylic acids is 1. The number of rotatable bonds is 4. The van der Waals surface area contributed by atoms with Crippen molar-refractivity contribution >= 4 is 17.9 Å². The Morgan fingerprint density at radius 3 is 2.84 bits per heavy atom. The summed E-state index contributed by atoms with van der Waals surface area (Å²) in [5.41, 5.74) is 0. The molecule has 0 aliphatic carbocycles. The SMILES string of the molecule is Cc1nnc(NC(=O)CN2CCC(C)C2C(=O)O)o1. The van der Waals surface area contributed by atoms with Gasteiger partial charge in [-0.2, -0.15) is 0 Å². The van der Waals surface area contributed by atoms with Gasteiger partial charge in [-0.1, -0.05) is 12.0 Å². The van der Waals surface area contributed by atoms with E-state index in [2.05, 4.69) is 15.5 Å². The number of aromatic nitrogens is 2. The Kier molecular flexibility index (Phi) is 3.79. The van der Waals surface area contributed by atoms with Crippen molar-refractivity contribution in [2.75, 3.05) is 18.4 Å². The van der Waals surface area contributed by atoms with Crippen LogP contribution in [0.3, 0.4) is 0 Å². The molecule has 2 unspecified atom stereocenters. The van der Waals surface area contributed by atoms with Gasteiger partial charge < -0.3 is 9.52 Å². The molecule has 0 saturated carbocycles. The first-order valence-electron chi connectivity index (χ1n) is 6.04. The van der Waals surface area contributed by atoms with Crippen molar-refractivity contribution in [1.82, 2.24) is 15.1 Å². The fraction of sp³-hybridized carbons (Fsp3) is 0.636. The Labute approximate surface area is 109 Å². The summed E-state index contributed by atoms with van der Waals surface area (Å²) in [6.45, 7) is 4.08. The molecule has 1 aliphatic rings. The Bertz CT molecular complexity index is 487. The molecule has 0 aromatic carbocycles. The van der Waals surface area contributed by atoms with Crippen LogP contribution in [0, 0.1) is 12.8 Å². The van der Waals surface area contributed by atoms with Crippen LogP contribution in [0.15, 0.2) is 4.42 Å². The number of carboxylic acid groups (broad SMARTS) is 1. The van der Waals surface area contributed by atoms with Gasteiger partial charge in [0, 0.05) is 6.92 Å². The lowest BCUT2D eigenvalue weighted by atomic mass is 10.0. The lowest BCUT2D eigenvalue weighted by molar-refractivity contribution is -0.143. The molecule has 1 aromatic rings. The second kappa shape index (κ2) is 5.35. The number of carboxylic acids is 1. The zero-order valence-corrected chi connectivity index (χ0v) is 10.8. The van der Waals surface area contributed by atoms with Gasteiger partial charge in [-0.05, 0) is 18.9 Å². The van der Waals surface area contributed by atoms with E-state index in [4.69, 9.17) is 9.52 Å². The highest BCUT2D eigenvalue weighted by atomic mass is 16.4. The molecule has 104 valence electrons. The molecule has 1 amide bonds. The molecular weight excluding hydrogens is 252 g/mol. The largest absolute Gasteiger partial charge is 0.480 e. The number of aryl methyl sites for hydroxylation is 1. The predicted molar refractivity (Wildman–Crippen MR) is 64.4 cm³/mol. The maximum absolute atomic E-state index is 11.8. The maximum atomic E-state index is 11.8. The molecule has 0 spiro atoms. The highest BCUT2D eigenvalue weighted by Crippen LogP contribution is 2.23. The predicted octanol–water partition coefficient (Wildman–Crippen LogP) is 0.112. The number of nitrogens with one attached hydrogen (secondary N) is 1. The zero-order valence-electron chi connectivity index (χ0n) is 10.8. The molecule has 2 atom stereocenters. The van der Waals surface area contributed by atoms with E-state index in [-0.39, 0.29) is 24.4 Å². The first-order valence-corrected chi connectivity index (χ1v) is 6.04. The topological polar surface area (TPSA) is 109 Å². The molecule has 2 heterocycles. The van der Waals surface area contributed by atoms with Gasteiger partial charge in [-0.25, -0.2) is 0 Å². The summed E-state index contributed by atoms with van der Waals surface area (Å²) >= 11 is 0. The number of carbonyl (C=O) groups excluding carboxylic acids is 1. The van der Waals surface area contributed by atoms with Crippen molar-refractivity contribution in [1.29, 1.82) is 0 Å². The van der Waals surface area contributed by atoms with E-state index in [0.717, 1.165) is 6.42 Å². The minimum Gasteiger partial charge on any atom is -0.480 e. The Hall–Kier alpha value is -1.96. The highest BCUT2D eigenvalue weighted by Gasteiger charge is 2.37. The average Bonchev–Trinajstić information content (AvgIpc) is 2.85. The number of likely N-dealkylation sites (tertiary alicyclic amines) is 1. The van der Waals surface area contributed by atoms with Crippen molar-refractivity contribution in [3.8, 4) is 0 Å². The molecule has 8 nitrogen and oxygen atoms in total. The van der Waals surface area contributed by atoms with Crippen LogP contribution >= 0.6 is 0 Å². The summed E-state index contributed by atoms with van der Waals surface area (Å²) in [6.07, 6.45) is 0.768. The monoisotopic (exact) mass is 268 g/mol. The third kappa shape index (κ3) is 3.08. The van der Waals surface area contributed by atoms with Crippen LogP contribution in [0.1, 0.15) is 19.2 Å². The van der Waals surface area contributed by atoms with Gasteiger partial charge in [-0.3, -0.25) is 19.8 Å². The van der Waals surface area contributed by atoms with Gasteiger partial charge in [0.25, 0.3) is 0 Å². The normalized spacial score (nSPS) is 23.5. The van der Waals surface area contributed by atoms with Gasteiger partial charge in [0.15, 0.2) is 0 Å². The van der Waals surface area contributed by atoms with E-state index in [1.807, 2.05) is 6.92 Å². The van der Waals surface area contributed by atoms with Crippen LogP contribution in [0.2, 0.25) is 0 Å². The van der Waals surface area contributed by atoms with Crippen LogP contribution in [0.4, 0.5) is 6.01 Å². The van der Waals surface area contributed by atoms with Crippen LogP contribution in [0.5, 0.6) is 0 Å². The summed E-state index contributed by atoms with van der Waals surface area (Å²) in [6, 6.07) is -0.586. The number of nitrogens with zero attached hydrogens (tertiary/aromatic N) is 3. The first-order chi connectivity index (χ1) is 8.97. The van der Waals surface area contributed by atoms with E-state index in [0.29, 0.717) is 12.4 Å². The fourth-order valence-corrected chi connectivity index (χ4v) is 2.29. The van der Waals surface area contributed by atoms with Gasteiger partial charge >= 0.3 is 12.0 Å². The molecular formula is C11H16N4O4. The number of amides is 1. The van der Waals surface area contributed by atoms with Gasteiger partial charge in [0.2, 0.25) is 11.8 Å². The molecule has 2 N–H and O–H groups in total. The van der Waals surface area contributed by atoms with Crippen molar-refractivity contribution in [2.24, 2.45) is 5.92 Å². The summed E-state index contributed by atoms with van der Waals surface area (Å²) in [4.78, 5) is 24.6. The molecule has 1 aliphatic heterocycles. The van der Waals surface area contributed by atoms with Crippen LogP contribution < -0.4 is 5.32 Å². The summed E-state index contributed by atoms with van der Waals surface area (Å²) < 4.78 is 5.03. The maximum Gasteiger partial charge on any atom is 0.322 e. The third-order valence-corrected chi connectivity index (χ3v) is 3.18. The average molecular weight is 268 g/mol. The van der Waals surface area contributed by atoms with Crippen LogP contribution in [-0.2, 0) is 9.59 Å².